The number of halogens is 1. The van der Waals surface area contributed by atoms with Crippen molar-refractivity contribution in [2.24, 2.45) is 0 Å². The fourth-order valence-electron chi connectivity index (χ4n) is 2.33. The van der Waals surface area contributed by atoms with Crippen LogP contribution in [0.4, 0.5) is 0 Å². The summed E-state index contributed by atoms with van der Waals surface area (Å²) in [5, 5.41) is 6.63. The summed E-state index contributed by atoms with van der Waals surface area (Å²) in [5.41, 5.74) is 1.80. The molecule has 0 fully saturated rings. The third-order valence-electron chi connectivity index (χ3n) is 3.23. The van der Waals surface area contributed by atoms with Crippen molar-refractivity contribution in [1.29, 1.82) is 0 Å². The quantitative estimate of drug-likeness (QED) is 0.500. The lowest BCUT2D eigenvalue weighted by atomic mass is 10.2. The summed E-state index contributed by atoms with van der Waals surface area (Å²) >= 11 is 6.03. The number of para-hydroxylation sites is 2. The van der Waals surface area contributed by atoms with Gasteiger partial charge in [-0.05, 0) is 29.8 Å². The second-order valence-corrected chi connectivity index (χ2v) is 4.79. The maximum atomic E-state index is 6.03. The summed E-state index contributed by atoms with van der Waals surface area (Å²) in [4.78, 5) is 8.59. The van der Waals surface area contributed by atoms with Gasteiger partial charge in [-0.25, -0.2) is 9.67 Å². The van der Waals surface area contributed by atoms with E-state index in [4.69, 9.17) is 11.6 Å². The first kappa shape index (κ1) is 11.4. The molecule has 2 heterocycles. The zero-order chi connectivity index (χ0) is 13.5. The fraction of sp³-hybridized carbons (Fsp3) is 0. The van der Waals surface area contributed by atoms with Gasteiger partial charge in [0.25, 0.3) is 0 Å². The zero-order valence-electron chi connectivity index (χ0n) is 10.4. The molecule has 0 bridgehead atoms. The van der Waals surface area contributed by atoms with Gasteiger partial charge in [0.05, 0.1) is 17.2 Å². The summed E-state index contributed by atoms with van der Waals surface area (Å²) in [5.74, 6) is 0.696. The molecule has 0 atom stereocenters. The minimum atomic E-state index is 0.221. The number of aromatic nitrogens is 4. The van der Waals surface area contributed by atoms with E-state index in [2.05, 4.69) is 15.1 Å². The molecule has 0 saturated heterocycles. The fourth-order valence-corrected chi connectivity index (χ4v) is 2.51. The lowest BCUT2D eigenvalue weighted by Crippen LogP contribution is -2.02. The van der Waals surface area contributed by atoms with Crippen LogP contribution in [0.15, 0.2) is 54.7 Å². The molecular weight excluding hydrogens is 272 g/mol. The summed E-state index contributed by atoms with van der Waals surface area (Å²) in [6, 6.07) is 15.8. The first-order chi connectivity index (χ1) is 9.83. The van der Waals surface area contributed by atoms with Gasteiger partial charge in [-0.1, -0.05) is 30.3 Å². The second-order valence-electron chi connectivity index (χ2n) is 4.45. The Hall–Kier alpha value is -2.46. The number of benzene rings is 2. The van der Waals surface area contributed by atoms with E-state index in [1.54, 1.807) is 4.68 Å². The highest BCUT2D eigenvalue weighted by Gasteiger charge is 2.11. The second kappa shape index (κ2) is 4.28. The van der Waals surface area contributed by atoms with Crippen LogP contribution >= 0.6 is 11.6 Å². The van der Waals surface area contributed by atoms with Crippen LogP contribution in [0.3, 0.4) is 0 Å². The van der Waals surface area contributed by atoms with Crippen molar-refractivity contribution in [1.82, 2.24) is 19.7 Å². The molecule has 5 heteroatoms. The Balaban J connectivity index is 2.12. The van der Waals surface area contributed by atoms with Crippen molar-refractivity contribution in [3.63, 3.8) is 0 Å². The highest BCUT2D eigenvalue weighted by atomic mass is 35.5. The molecule has 0 aliphatic carbocycles. The molecule has 0 unspecified atom stereocenters. The minimum Gasteiger partial charge on any atom is -0.218 e. The molecule has 4 aromatic rings. The molecule has 0 radical (unpaired) electrons. The topological polar surface area (TPSA) is 43.6 Å². The Morgan fingerprint density at radius 1 is 0.900 bits per heavy atom. The Morgan fingerprint density at radius 2 is 1.70 bits per heavy atom. The standard InChI is InChI=1S/C15H9ClN4/c16-15-18-12-7-3-2-6-11(12)14(19-15)20-13-8-4-1-5-10(13)9-17-20/h1-9H. The lowest BCUT2D eigenvalue weighted by molar-refractivity contribution is 0.878. The van der Waals surface area contributed by atoms with Crippen molar-refractivity contribution in [3.8, 4) is 5.82 Å². The van der Waals surface area contributed by atoms with Crippen LogP contribution in [0, 0.1) is 0 Å². The first-order valence-electron chi connectivity index (χ1n) is 6.18. The molecule has 4 rings (SSSR count). The molecule has 0 spiro atoms. The third-order valence-corrected chi connectivity index (χ3v) is 3.40. The van der Waals surface area contributed by atoms with Crippen LogP contribution in [-0.4, -0.2) is 19.7 Å². The largest absolute Gasteiger partial charge is 0.224 e. The predicted octanol–water partition coefficient (Wildman–Crippen LogP) is 3.62. The van der Waals surface area contributed by atoms with Crippen molar-refractivity contribution in [2.75, 3.05) is 0 Å². The average Bonchev–Trinajstić information content (AvgIpc) is 2.90. The van der Waals surface area contributed by atoms with Gasteiger partial charge in [0.15, 0.2) is 5.82 Å². The molecule has 0 aliphatic heterocycles. The van der Waals surface area contributed by atoms with Gasteiger partial charge >= 0.3 is 0 Å². The maximum Gasteiger partial charge on any atom is 0.224 e. The smallest absolute Gasteiger partial charge is 0.218 e. The molecule has 0 aliphatic rings. The zero-order valence-corrected chi connectivity index (χ0v) is 11.1. The molecule has 2 aromatic heterocycles. The first-order valence-corrected chi connectivity index (χ1v) is 6.56. The van der Waals surface area contributed by atoms with Gasteiger partial charge in [-0.15, -0.1) is 0 Å². The van der Waals surface area contributed by atoms with Gasteiger partial charge in [-0.3, -0.25) is 0 Å². The lowest BCUT2D eigenvalue weighted by Gasteiger charge is -2.07. The molecule has 0 saturated carbocycles. The molecular formula is C15H9ClN4. The van der Waals surface area contributed by atoms with Crippen molar-refractivity contribution in [3.05, 3.63) is 60.0 Å². The van der Waals surface area contributed by atoms with Crippen molar-refractivity contribution < 1.29 is 0 Å². The highest BCUT2D eigenvalue weighted by molar-refractivity contribution is 6.28. The number of fused-ring (bicyclic) bond motifs is 2. The van der Waals surface area contributed by atoms with Gasteiger partial charge in [0.1, 0.15) is 0 Å². The normalized spacial score (nSPS) is 11.2. The number of hydrogen-bond acceptors (Lipinski definition) is 3. The third kappa shape index (κ3) is 1.66. The monoisotopic (exact) mass is 280 g/mol. The number of hydrogen-bond donors (Lipinski definition) is 0. The van der Waals surface area contributed by atoms with Crippen LogP contribution in [0.5, 0.6) is 0 Å². The van der Waals surface area contributed by atoms with Crippen LogP contribution in [0.25, 0.3) is 27.6 Å². The van der Waals surface area contributed by atoms with Gasteiger partial charge in [-0.2, -0.15) is 10.1 Å². The number of nitrogens with zero attached hydrogens (tertiary/aromatic N) is 4. The van der Waals surface area contributed by atoms with Crippen molar-refractivity contribution >= 4 is 33.4 Å². The summed E-state index contributed by atoms with van der Waals surface area (Å²) in [6.07, 6.45) is 1.82. The molecule has 96 valence electrons. The van der Waals surface area contributed by atoms with E-state index in [1.807, 2.05) is 54.7 Å². The van der Waals surface area contributed by atoms with E-state index in [0.29, 0.717) is 5.82 Å². The van der Waals surface area contributed by atoms with Crippen LogP contribution in [0.1, 0.15) is 0 Å². The Bertz CT molecular complexity index is 929. The van der Waals surface area contributed by atoms with E-state index in [9.17, 15) is 0 Å². The van der Waals surface area contributed by atoms with E-state index >= 15 is 0 Å². The Labute approximate surface area is 119 Å². The SMILES string of the molecule is Clc1nc(-n2ncc3ccccc32)c2ccccc2n1. The average molecular weight is 281 g/mol. The van der Waals surface area contributed by atoms with Crippen molar-refractivity contribution in [2.45, 2.75) is 0 Å². The summed E-state index contributed by atoms with van der Waals surface area (Å²) in [6.45, 7) is 0. The van der Waals surface area contributed by atoms with Crippen LogP contribution in [-0.2, 0) is 0 Å². The highest BCUT2D eigenvalue weighted by Crippen LogP contribution is 2.24. The molecule has 20 heavy (non-hydrogen) atoms. The van der Waals surface area contributed by atoms with Gasteiger partial charge < -0.3 is 0 Å². The van der Waals surface area contributed by atoms with Crippen LogP contribution < -0.4 is 0 Å². The van der Waals surface area contributed by atoms with E-state index in [-0.39, 0.29) is 5.28 Å². The van der Waals surface area contributed by atoms with E-state index in [0.717, 1.165) is 21.8 Å². The van der Waals surface area contributed by atoms with E-state index < -0.39 is 0 Å². The maximum absolute atomic E-state index is 6.03. The molecule has 0 N–H and O–H groups in total. The molecule has 0 amide bonds. The minimum absolute atomic E-state index is 0.221. The summed E-state index contributed by atoms with van der Waals surface area (Å²) < 4.78 is 1.80. The van der Waals surface area contributed by atoms with Gasteiger partial charge in [0, 0.05) is 10.8 Å². The summed E-state index contributed by atoms with van der Waals surface area (Å²) in [7, 11) is 0. The molecule has 2 aromatic carbocycles. The van der Waals surface area contributed by atoms with Crippen LogP contribution in [0.2, 0.25) is 5.28 Å². The predicted molar refractivity (Wildman–Crippen MR) is 79.2 cm³/mol. The molecule has 4 nitrogen and oxygen atoms in total. The number of rotatable bonds is 1. The Kier molecular flexibility index (Phi) is 2.44. The Morgan fingerprint density at radius 3 is 2.65 bits per heavy atom. The van der Waals surface area contributed by atoms with Gasteiger partial charge in [0.2, 0.25) is 5.28 Å². The van der Waals surface area contributed by atoms with E-state index in [1.165, 1.54) is 0 Å².